The van der Waals surface area contributed by atoms with Gasteiger partial charge in [-0.15, -0.1) is 0 Å². The molecule has 39 heavy (non-hydrogen) atoms. The largest absolute Gasteiger partial charge is 0.506 e. The normalized spacial score (nSPS) is 11.3. The molecule has 6 nitrogen and oxygen atoms in total. The Morgan fingerprint density at radius 1 is 0.821 bits per heavy atom. The van der Waals surface area contributed by atoms with E-state index < -0.39 is 28.8 Å². The first kappa shape index (κ1) is 28.8. The number of fused-ring (bicyclic) bond motifs is 6. The number of hydrogen-bond acceptors (Lipinski definition) is 5. The number of nitrogens with zero attached hydrogens (tertiary/aromatic N) is 3. The molecule has 197 valence electrons. The number of aromatic nitrogens is 3. The number of ketones is 1. The molecule has 0 saturated heterocycles. The van der Waals surface area contributed by atoms with Gasteiger partial charge in [-0.05, 0) is 30.5 Å². The second-order valence-corrected chi connectivity index (χ2v) is 8.50. The number of halogens is 3. The Kier molecular flexibility index (Phi) is 8.49. The molecule has 6 rings (SSSR count). The van der Waals surface area contributed by atoms with Gasteiger partial charge in [-0.25, -0.2) is 0 Å². The van der Waals surface area contributed by atoms with Crippen molar-refractivity contribution >= 4 is 49.3 Å². The van der Waals surface area contributed by atoms with Gasteiger partial charge in [-0.3, -0.25) is 19.6 Å². The van der Waals surface area contributed by atoms with E-state index in [2.05, 4.69) is 34.2 Å². The summed E-state index contributed by atoms with van der Waals surface area (Å²) in [5.41, 5.74) is -0.138. The van der Waals surface area contributed by atoms with E-state index in [0.717, 1.165) is 31.8 Å². The maximum atomic E-state index is 12.8. The predicted octanol–water partition coefficient (Wildman–Crippen LogP) is 6.41. The molecule has 0 bridgehead atoms. The van der Waals surface area contributed by atoms with Gasteiger partial charge in [0.15, 0.2) is 0 Å². The number of alkyl halides is 3. The third kappa shape index (κ3) is 5.33. The molecular formula is C29H20EuF3N3O3. The minimum atomic E-state index is -5.24. The Morgan fingerprint density at radius 3 is 1.92 bits per heavy atom. The number of carbonyl (C=O) groups excluding carboxylic acids is 1. The standard InChI is InChI=1S/C17H12F3NO3.C12H8N2.Eu/c1-2-21-13-10-6-4-3-5-9(10)7-8-11(13)14(22)12(16(21)24)15(23)17(18,19)20;1-3-9-5-6-10-4-2-8-14-12(10)11(9)13-7-1;/h3-8,22H,2H2,1H3;1-8H;. The molecule has 0 aliphatic rings. The molecule has 10 heteroatoms. The fourth-order valence-corrected chi connectivity index (χ4v) is 4.54. The van der Waals surface area contributed by atoms with E-state index in [4.69, 9.17) is 0 Å². The van der Waals surface area contributed by atoms with Crippen molar-refractivity contribution in [2.45, 2.75) is 19.6 Å². The van der Waals surface area contributed by atoms with Crippen LogP contribution >= 0.6 is 0 Å². The maximum Gasteiger partial charge on any atom is 0.455 e. The van der Waals surface area contributed by atoms with Gasteiger partial charge in [-0.2, -0.15) is 13.2 Å². The zero-order valence-corrected chi connectivity index (χ0v) is 22.8. The summed E-state index contributed by atoms with van der Waals surface area (Å²) in [5.74, 6) is -3.28. The van der Waals surface area contributed by atoms with Gasteiger partial charge >= 0.3 is 6.18 Å². The van der Waals surface area contributed by atoms with Crippen LogP contribution in [-0.4, -0.2) is 31.6 Å². The average Bonchev–Trinajstić information content (AvgIpc) is 2.93. The fourth-order valence-electron chi connectivity index (χ4n) is 4.54. The Hall–Kier alpha value is -3.21. The van der Waals surface area contributed by atoms with E-state index in [1.165, 1.54) is 6.07 Å². The number of pyridine rings is 3. The van der Waals surface area contributed by atoms with Crippen LogP contribution in [0.4, 0.5) is 13.2 Å². The first-order valence-electron chi connectivity index (χ1n) is 11.7. The zero-order chi connectivity index (χ0) is 27.0. The predicted molar refractivity (Wildman–Crippen MR) is 140 cm³/mol. The van der Waals surface area contributed by atoms with Crippen molar-refractivity contribution in [3.05, 3.63) is 101 Å². The first-order valence-corrected chi connectivity index (χ1v) is 11.7. The molecule has 0 amide bonds. The van der Waals surface area contributed by atoms with E-state index in [1.54, 1.807) is 49.6 Å². The van der Waals surface area contributed by atoms with Crippen molar-refractivity contribution < 1.29 is 72.4 Å². The maximum absolute atomic E-state index is 12.8. The summed E-state index contributed by atoms with van der Waals surface area (Å²) in [6.07, 6.45) is -1.64. The molecule has 6 aromatic rings. The van der Waals surface area contributed by atoms with E-state index in [9.17, 15) is 27.9 Å². The van der Waals surface area contributed by atoms with Gasteiger partial charge in [0.05, 0.1) is 16.6 Å². The van der Waals surface area contributed by atoms with Gasteiger partial charge in [0.2, 0.25) is 0 Å². The Bertz CT molecular complexity index is 1870. The van der Waals surface area contributed by atoms with Gasteiger partial charge in [0.25, 0.3) is 11.3 Å². The molecule has 3 heterocycles. The topological polar surface area (TPSA) is 85.1 Å². The number of hydrogen-bond donors (Lipinski definition) is 1. The molecule has 0 unspecified atom stereocenters. The minimum absolute atomic E-state index is 0. The second-order valence-electron chi connectivity index (χ2n) is 8.50. The molecule has 0 spiro atoms. The van der Waals surface area contributed by atoms with Gasteiger partial charge in [0, 0.05) is 89.9 Å². The zero-order valence-electron chi connectivity index (χ0n) is 20.4. The van der Waals surface area contributed by atoms with Crippen molar-refractivity contribution in [1.82, 2.24) is 14.5 Å². The quantitative estimate of drug-likeness (QED) is 0.171. The Balaban J connectivity index is 0.000000199. The van der Waals surface area contributed by atoms with Gasteiger partial charge in [0.1, 0.15) is 11.3 Å². The third-order valence-electron chi connectivity index (χ3n) is 6.27. The molecule has 0 fully saturated rings. The van der Waals surface area contributed by atoms with Crippen LogP contribution < -0.4 is 5.56 Å². The van der Waals surface area contributed by atoms with E-state index in [0.29, 0.717) is 10.9 Å². The second kappa shape index (κ2) is 11.5. The monoisotopic (exact) mass is 668 g/mol. The van der Waals surface area contributed by atoms with Crippen LogP contribution in [0, 0.1) is 49.4 Å². The van der Waals surface area contributed by atoms with Crippen LogP contribution in [0.15, 0.2) is 90.0 Å². The van der Waals surface area contributed by atoms with Crippen molar-refractivity contribution in [1.29, 1.82) is 0 Å². The van der Waals surface area contributed by atoms with Crippen LogP contribution in [0.3, 0.4) is 0 Å². The molecule has 0 atom stereocenters. The van der Waals surface area contributed by atoms with Crippen molar-refractivity contribution in [2.24, 2.45) is 0 Å². The van der Waals surface area contributed by atoms with Crippen molar-refractivity contribution in [3.8, 4) is 5.75 Å². The number of Topliss-reactive ketones (excluding diaryl/α,β-unsaturated/α-hetero) is 1. The van der Waals surface area contributed by atoms with E-state index in [-0.39, 0.29) is 61.3 Å². The van der Waals surface area contributed by atoms with E-state index in [1.807, 2.05) is 12.1 Å². The van der Waals surface area contributed by atoms with Gasteiger partial charge < -0.3 is 9.67 Å². The minimum Gasteiger partial charge on any atom is -0.506 e. The van der Waals surface area contributed by atoms with Crippen LogP contribution in [0.1, 0.15) is 17.3 Å². The summed E-state index contributed by atoms with van der Waals surface area (Å²) >= 11 is 0. The van der Waals surface area contributed by atoms with Crippen LogP contribution in [0.2, 0.25) is 0 Å². The van der Waals surface area contributed by atoms with Crippen LogP contribution in [0.25, 0.3) is 43.5 Å². The molecule has 0 aliphatic heterocycles. The third-order valence-corrected chi connectivity index (χ3v) is 6.27. The number of benzene rings is 3. The number of aromatic hydroxyl groups is 1. The molecule has 1 radical (unpaired) electrons. The summed E-state index contributed by atoms with van der Waals surface area (Å²) in [7, 11) is 0. The van der Waals surface area contributed by atoms with Crippen molar-refractivity contribution in [3.63, 3.8) is 0 Å². The Morgan fingerprint density at radius 2 is 1.36 bits per heavy atom. The fraction of sp³-hybridized carbons (Fsp3) is 0.103. The van der Waals surface area contributed by atoms with Crippen LogP contribution in [-0.2, 0) is 6.54 Å². The summed E-state index contributed by atoms with van der Waals surface area (Å²) in [4.78, 5) is 32.7. The SMILES string of the molecule is CCn1c(=O)c(C(=O)C(F)(F)F)c(O)c2ccc3ccccc3c21.[Eu].c1cnc2c(c1)ccc1cccnc12. The average molecular weight is 667 g/mol. The van der Waals surface area contributed by atoms with E-state index >= 15 is 0 Å². The summed E-state index contributed by atoms with van der Waals surface area (Å²) in [6, 6.07) is 22.1. The van der Waals surface area contributed by atoms with Crippen LogP contribution in [0.5, 0.6) is 5.75 Å². The molecule has 3 aromatic carbocycles. The summed E-state index contributed by atoms with van der Waals surface area (Å²) < 4.78 is 39.4. The van der Waals surface area contributed by atoms with Gasteiger partial charge in [-0.1, -0.05) is 54.6 Å². The molecule has 0 aliphatic carbocycles. The summed E-state index contributed by atoms with van der Waals surface area (Å²) in [5, 5.41) is 13.9. The number of rotatable bonds is 2. The number of aryl methyl sites for hydroxylation is 1. The molecule has 3 aromatic heterocycles. The Labute approximate surface area is 260 Å². The molecule has 1 N–H and O–H groups in total. The first-order chi connectivity index (χ1) is 18.2. The molecular weight excluding hydrogens is 647 g/mol. The smallest absolute Gasteiger partial charge is 0.455 e. The number of carbonyl (C=O) groups is 1. The van der Waals surface area contributed by atoms with Crippen molar-refractivity contribution in [2.75, 3.05) is 0 Å². The molecule has 0 saturated carbocycles. The summed E-state index contributed by atoms with van der Waals surface area (Å²) in [6.45, 7) is 1.64.